The molecule has 2 heteroatoms. The van der Waals surface area contributed by atoms with Crippen molar-refractivity contribution in [1.29, 1.82) is 0 Å². The molecule has 0 aromatic rings. The fourth-order valence-corrected chi connectivity index (χ4v) is 12.7. The average Bonchev–Trinajstić information content (AvgIpc) is 3.40. The lowest BCUT2D eigenvalue weighted by Gasteiger charge is -2.54. The summed E-state index contributed by atoms with van der Waals surface area (Å²) in [4.78, 5) is 0. The van der Waals surface area contributed by atoms with Crippen molar-refractivity contribution in [3.05, 3.63) is 47.6 Å². The minimum absolute atomic E-state index is 0.0252. The van der Waals surface area contributed by atoms with Crippen molar-refractivity contribution in [1.82, 2.24) is 0 Å². The molecule has 0 bridgehead atoms. The molecule has 0 saturated carbocycles. The maximum Gasteiger partial charge on any atom is 0.0546 e. The van der Waals surface area contributed by atoms with Gasteiger partial charge in [-0.15, -0.1) is 0 Å². The second kappa shape index (κ2) is 56.6. The van der Waals surface area contributed by atoms with Gasteiger partial charge in [-0.1, -0.05) is 341 Å². The molecule has 3 unspecified atom stereocenters. The summed E-state index contributed by atoms with van der Waals surface area (Å²) < 4.78 is 0. The van der Waals surface area contributed by atoms with Gasteiger partial charge in [0.15, 0.2) is 0 Å². The second-order valence-electron chi connectivity index (χ2n) is 24.2. The predicted molar refractivity (Wildman–Crippen MR) is 337 cm³/mol. The first-order valence-corrected chi connectivity index (χ1v) is 34.4. The van der Waals surface area contributed by atoms with Crippen LogP contribution in [0.2, 0.25) is 0 Å². The fraction of sp³-hybridized carbons (Fsp3) is 0.889. The molecule has 0 amide bonds. The van der Waals surface area contributed by atoms with Crippen LogP contribution in [0.3, 0.4) is 0 Å². The molecule has 0 aliphatic heterocycles. The van der Waals surface area contributed by atoms with Crippen LogP contribution in [0.25, 0.3) is 0 Å². The minimum atomic E-state index is -0.239. The zero-order valence-corrected chi connectivity index (χ0v) is 52.1. The topological polar surface area (TPSA) is 40.5 Å². The van der Waals surface area contributed by atoms with Crippen LogP contribution in [-0.4, -0.2) is 22.9 Å². The normalized spacial score (nSPS) is 14.7. The Morgan fingerprint density at radius 3 is 1.20 bits per heavy atom. The molecule has 0 rings (SSSR count). The third-order valence-electron chi connectivity index (χ3n) is 17.4. The largest absolute Gasteiger partial charge is 0.396 e. The Bertz CT molecular complexity index is 1240. The summed E-state index contributed by atoms with van der Waals surface area (Å²) >= 11 is 0. The van der Waals surface area contributed by atoms with Crippen LogP contribution in [0.1, 0.15) is 389 Å². The molecule has 74 heavy (non-hydrogen) atoms. The lowest BCUT2D eigenvalue weighted by atomic mass is 9.50. The van der Waals surface area contributed by atoms with E-state index in [-0.39, 0.29) is 16.9 Å². The van der Waals surface area contributed by atoms with Crippen molar-refractivity contribution in [2.45, 2.75) is 395 Å². The molecule has 0 aromatic heterocycles. The number of unbranched alkanes of at least 4 members (excludes halogenated alkanes) is 38. The van der Waals surface area contributed by atoms with E-state index in [0.29, 0.717) is 6.61 Å². The maximum atomic E-state index is 12.8. The molecule has 0 spiro atoms. The van der Waals surface area contributed by atoms with Crippen LogP contribution >= 0.6 is 0 Å². The molecule has 2 N–H and O–H groups in total. The number of aliphatic hydroxyl groups excluding tert-OH is 2. The third-order valence-corrected chi connectivity index (χ3v) is 17.4. The smallest absolute Gasteiger partial charge is 0.0546 e. The molecule has 2 nitrogen and oxygen atoms in total. The van der Waals surface area contributed by atoms with Gasteiger partial charge >= 0.3 is 0 Å². The van der Waals surface area contributed by atoms with Crippen LogP contribution in [0.15, 0.2) is 47.6 Å². The number of hydrogen-bond acceptors (Lipinski definition) is 2. The van der Waals surface area contributed by atoms with Crippen molar-refractivity contribution in [3.63, 3.8) is 0 Å². The van der Waals surface area contributed by atoms with Gasteiger partial charge in [0, 0.05) is 12.0 Å². The van der Waals surface area contributed by atoms with Gasteiger partial charge in [-0.2, -0.15) is 0 Å². The Kier molecular flexibility index (Phi) is 55.7. The monoisotopic (exact) mass is 1040 g/mol. The summed E-state index contributed by atoms with van der Waals surface area (Å²) in [5.74, 6) is 0. The predicted octanol–water partition coefficient (Wildman–Crippen LogP) is 25.1. The molecule has 0 aromatic carbocycles. The van der Waals surface area contributed by atoms with E-state index in [9.17, 15) is 10.2 Å². The molecule has 0 aliphatic rings. The van der Waals surface area contributed by atoms with E-state index < -0.39 is 0 Å². The number of rotatable bonds is 60. The highest BCUT2D eigenvalue weighted by atomic mass is 16.3. The summed E-state index contributed by atoms with van der Waals surface area (Å²) in [6.07, 6.45) is 83.6. The van der Waals surface area contributed by atoms with Crippen molar-refractivity contribution in [3.8, 4) is 0 Å². The van der Waals surface area contributed by atoms with E-state index in [1.807, 2.05) is 5.57 Å². The SMILES string of the molecule is CCCCCCC=CC=CC(CCCCCCCCCCO)=C(CCCCCCCCCC)C(C=CCCCCCC)(CCCCCCCC)C(CCCCCC)(CCCCCCC)CC(O)CCCCCCC. The zero-order chi connectivity index (χ0) is 54.2. The van der Waals surface area contributed by atoms with Crippen LogP contribution in [-0.2, 0) is 0 Å². The summed E-state index contributed by atoms with van der Waals surface area (Å²) in [5.41, 5.74) is 3.47. The van der Waals surface area contributed by atoms with E-state index in [4.69, 9.17) is 0 Å². The van der Waals surface area contributed by atoms with Gasteiger partial charge in [-0.05, 0) is 101 Å². The van der Waals surface area contributed by atoms with Gasteiger partial charge in [0.05, 0.1) is 6.10 Å². The van der Waals surface area contributed by atoms with Gasteiger partial charge in [-0.3, -0.25) is 0 Å². The Morgan fingerprint density at radius 1 is 0.365 bits per heavy atom. The average molecular weight is 1040 g/mol. The van der Waals surface area contributed by atoms with E-state index in [1.54, 1.807) is 5.57 Å². The zero-order valence-electron chi connectivity index (χ0n) is 52.1. The maximum absolute atomic E-state index is 12.8. The molecular weight excluding hydrogens is 897 g/mol. The lowest BCUT2D eigenvalue weighted by Crippen LogP contribution is -2.45. The summed E-state index contributed by atoms with van der Waals surface area (Å²) in [6, 6.07) is 0. The van der Waals surface area contributed by atoms with Crippen LogP contribution in [0, 0.1) is 10.8 Å². The van der Waals surface area contributed by atoms with Gasteiger partial charge in [0.25, 0.3) is 0 Å². The highest BCUT2D eigenvalue weighted by Gasteiger charge is 2.51. The quantitative estimate of drug-likeness (QED) is 0.0362. The fourth-order valence-electron chi connectivity index (χ4n) is 12.7. The Balaban J connectivity index is 8.55. The summed E-state index contributed by atoms with van der Waals surface area (Å²) in [7, 11) is 0. The molecular formula is C72H138O2. The molecule has 0 heterocycles. The highest BCUT2D eigenvalue weighted by molar-refractivity contribution is 5.38. The van der Waals surface area contributed by atoms with E-state index in [2.05, 4.69) is 84.9 Å². The van der Waals surface area contributed by atoms with Crippen LogP contribution in [0.5, 0.6) is 0 Å². The third kappa shape index (κ3) is 39.3. The standard InChI is InChI=1S/C72H138O2/c1-8-15-22-29-33-37-42-49-58-68(59-50-43-38-35-36-40-48-57-66-73)70(61-52-44-39-34-30-23-16-9-2)72(64-55-46-31-24-17-10-3,65-56-47-32-25-18-11-4)71(62-53-28-21-14-7,63-54-45-27-20-13-6)67-69(74)60-51-41-26-19-12-5/h37,42,49,55,58,64,69,73-74H,8-36,38-41,43-48,50-54,56-57,59-63,65-67H2,1-7H3. The lowest BCUT2D eigenvalue weighted by molar-refractivity contribution is 0.000858. The first-order chi connectivity index (χ1) is 36.4. The minimum Gasteiger partial charge on any atom is -0.396 e. The number of hydrogen-bond donors (Lipinski definition) is 2. The van der Waals surface area contributed by atoms with Crippen molar-refractivity contribution in [2.24, 2.45) is 10.8 Å². The molecule has 438 valence electrons. The van der Waals surface area contributed by atoms with Gasteiger partial charge in [-0.25, -0.2) is 0 Å². The molecule has 0 saturated heterocycles. The van der Waals surface area contributed by atoms with E-state index in [1.165, 1.54) is 321 Å². The van der Waals surface area contributed by atoms with Gasteiger partial charge in [0.1, 0.15) is 0 Å². The summed E-state index contributed by atoms with van der Waals surface area (Å²) in [6.45, 7) is 16.9. The Morgan fingerprint density at radius 2 is 0.730 bits per heavy atom. The van der Waals surface area contributed by atoms with Crippen molar-refractivity contribution in [2.75, 3.05) is 6.61 Å². The summed E-state index contributed by atoms with van der Waals surface area (Å²) in [5, 5.41) is 22.2. The van der Waals surface area contributed by atoms with Crippen molar-refractivity contribution >= 4 is 0 Å². The Labute approximate surface area is 467 Å². The number of allylic oxidation sites excluding steroid dienone is 8. The first kappa shape index (κ1) is 72.9. The van der Waals surface area contributed by atoms with E-state index in [0.717, 1.165) is 19.3 Å². The van der Waals surface area contributed by atoms with Crippen molar-refractivity contribution < 1.29 is 10.2 Å². The van der Waals surface area contributed by atoms with Crippen LogP contribution in [0.4, 0.5) is 0 Å². The Hall–Kier alpha value is -1.12. The van der Waals surface area contributed by atoms with E-state index >= 15 is 0 Å². The molecule has 0 aliphatic carbocycles. The second-order valence-corrected chi connectivity index (χ2v) is 24.2. The first-order valence-electron chi connectivity index (χ1n) is 34.4. The van der Waals surface area contributed by atoms with Gasteiger partial charge in [0.2, 0.25) is 0 Å². The molecule has 3 atom stereocenters. The number of aliphatic hydroxyl groups is 2. The van der Waals surface area contributed by atoms with Crippen LogP contribution < -0.4 is 0 Å². The molecule has 0 fully saturated rings. The highest BCUT2D eigenvalue weighted by Crippen LogP contribution is 2.61. The molecule has 0 radical (unpaired) electrons. The van der Waals surface area contributed by atoms with Gasteiger partial charge < -0.3 is 10.2 Å².